The quantitative estimate of drug-likeness (QED) is 0.837. The van der Waals surface area contributed by atoms with Crippen LogP contribution in [0.5, 0.6) is 0 Å². The van der Waals surface area contributed by atoms with Gasteiger partial charge in [0.2, 0.25) is 5.91 Å². The summed E-state index contributed by atoms with van der Waals surface area (Å²) in [5.74, 6) is -0.242. The van der Waals surface area contributed by atoms with Crippen molar-refractivity contribution in [3.63, 3.8) is 0 Å². The fourth-order valence-electron chi connectivity index (χ4n) is 1.56. The van der Waals surface area contributed by atoms with Crippen LogP contribution in [-0.4, -0.2) is 21.9 Å². The van der Waals surface area contributed by atoms with Gasteiger partial charge in [0.25, 0.3) is 0 Å². The fourth-order valence-corrected chi connectivity index (χ4v) is 1.56. The second kappa shape index (κ2) is 5.88. The van der Waals surface area contributed by atoms with Gasteiger partial charge in [0.15, 0.2) is 0 Å². The minimum Gasteiger partial charge on any atom is -0.322 e. The van der Waals surface area contributed by atoms with Gasteiger partial charge < -0.3 is 11.1 Å². The molecule has 0 saturated carbocycles. The van der Waals surface area contributed by atoms with Gasteiger partial charge in [0.05, 0.1) is 24.1 Å². The van der Waals surface area contributed by atoms with Gasteiger partial charge in [-0.1, -0.05) is 30.3 Å². The average Bonchev–Trinajstić information content (AvgIpc) is 2.41. The summed E-state index contributed by atoms with van der Waals surface area (Å²) < 4.78 is 0. The van der Waals surface area contributed by atoms with Crippen molar-refractivity contribution in [2.24, 2.45) is 5.73 Å². The number of nitrogens with two attached hydrogens (primary N) is 1. The van der Waals surface area contributed by atoms with Crippen LogP contribution in [-0.2, 0) is 11.2 Å². The number of carbonyl (C=O) groups is 1. The molecule has 1 aromatic heterocycles. The van der Waals surface area contributed by atoms with Crippen LogP contribution in [0.2, 0.25) is 0 Å². The normalized spacial score (nSPS) is 11.8. The smallest absolute Gasteiger partial charge is 0.241 e. The number of hydrogen-bond acceptors (Lipinski definition) is 4. The number of nitrogens with zero attached hydrogens (tertiary/aromatic N) is 2. The van der Waals surface area contributed by atoms with Crippen molar-refractivity contribution in [1.29, 1.82) is 0 Å². The van der Waals surface area contributed by atoms with Crippen molar-refractivity contribution in [2.45, 2.75) is 12.5 Å². The zero-order valence-electron chi connectivity index (χ0n) is 9.78. The molecule has 5 nitrogen and oxygen atoms in total. The molecule has 2 aromatic rings. The molecule has 0 radical (unpaired) electrons. The van der Waals surface area contributed by atoms with Crippen LogP contribution in [0.25, 0.3) is 0 Å². The summed E-state index contributed by atoms with van der Waals surface area (Å²) in [7, 11) is 0. The maximum Gasteiger partial charge on any atom is 0.241 e. The van der Waals surface area contributed by atoms with Crippen LogP contribution in [0.15, 0.2) is 49.1 Å². The van der Waals surface area contributed by atoms with Crippen LogP contribution in [0.1, 0.15) is 5.56 Å². The van der Waals surface area contributed by atoms with Crippen LogP contribution in [0.4, 0.5) is 5.69 Å². The Morgan fingerprint density at radius 1 is 1.22 bits per heavy atom. The van der Waals surface area contributed by atoms with Gasteiger partial charge >= 0.3 is 0 Å². The predicted octanol–water partition coefficient (Wildman–Crippen LogP) is 0.985. The summed E-state index contributed by atoms with van der Waals surface area (Å²) in [5.41, 5.74) is 7.42. The molecule has 0 bridgehead atoms. The Balaban J connectivity index is 1.93. The first-order valence-corrected chi connectivity index (χ1v) is 5.61. The Morgan fingerprint density at radius 3 is 2.56 bits per heavy atom. The Kier molecular flexibility index (Phi) is 3.98. The number of aromatic nitrogens is 2. The highest BCUT2D eigenvalue weighted by Gasteiger charge is 2.14. The SMILES string of the molecule is N[C@@H](Cc1ccccc1)C(=O)Nc1cncnc1. The lowest BCUT2D eigenvalue weighted by Crippen LogP contribution is -2.37. The van der Waals surface area contributed by atoms with Crippen LogP contribution >= 0.6 is 0 Å². The van der Waals surface area contributed by atoms with E-state index in [-0.39, 0.29) is 5.91 Å². The molecule has 0 aliphatic rings. The molecule has 0 unspecified atom stereocenters. The van der Waals surface area contributed by atoms with E-state index in [2.05, 4.69) is 15.3 Å². The van der Waals surface area contributed by atoms with Gasteiger partial charge in [-0.3, -0.25) is 4.79 Å². The Labute approximate surface area is 105 Å². The summed E-state index contributed by atoms with van der Waals surface area (Å²) in [6, 6.07) is 9.07. The summed E-state index contributed by atoms with van der Waals surface area (Å²) in [5, 5.41) is 2.67. The molecule has 5 heteroatoms. The van der Waals surface area contributed by atoms with Gasteiger partial charge in [-0.2, -0.15) is 0 Å². The van der Waals surface area contributed by atoms with Gasteiger partial charge in [-0.25, -0.2) is 9.97 Å². The van der Waals surface area contributed by atoms with E-state index < -0.39 is 6.04 Å². The molecule has 18 heavy (non-hydrogen) atoms. The zero-order valence-corrected chi connectivity index (χ0v) is 9.78. The van der Waals surface area contributed by atoms with Crippen molar-refractivity contribution >= 4 is 11.6 Å². The lowest BCUT2D eigenvalue weighted by atomic mass is 10.1. The predicted molar refractivity (Wildman–Crippen MR) is 68.8 cm³/mol. The topological polar surface area (TPSA) is 80.9 Å². The van der Waals surface area contributed by atoms with E-state index in [1.165, 1.54) is 18.7 Å². The molecule has 0 spiro atoms. The van der Waals surface area contributed by atoms with E-state index in [4.69, 9.17) is 5.73 Å². The second-order valence-electron chi connectivity index (χ2n) is 3.91. The first kappa shape index (κ1) is 12.2. The number of amides is 1. The lowest BCUT2D eigenvalue weighted by molar-refractivity contribution is -0.117. The minimum atomic E-state index is -0.590. The monoisotopic (exact) mass is 242 g/mol. The number of rotatable bonds is 4. The van der Waals surface area contributed by atoms with Crippen molar-refractivity contribution in [3.05, 3.63) is 54.6 Å². The number of hydrogen-bond donors (Lipinski definition) is 2. The Bertz CT molecular complexity index is 501. The third-order valence-corrected chi connectivity index (χ3v) is 2.46. The van der Waals surface area contributed by atoms with E-state index in [0.29, 0.717) is 12.1 Å². The molecule has 1 amide bonds. The summed E-state index contributed by atoms with van der Waals surface area (Å²) in [4.78, 5) is 19.5. The zero-order chi connectivity index (χ0) is 12.8. The number of anilines is 1. The third-order valence-electron chi connectivity index (χ3n) is 2.46. The molecule has 2 rings (SSSR count). The number of benzene rings is 1. The largest absolute Gasteiger partial charge is 0.322 e. The number of nitrogens with one attached hydrogen (secondary N) is 1. The summed E-state index contributed by atoms with van der Waals surface area (Å²) in [6.07, 6.45) is 4.96. The van der Waals surface area contributed by atoms with Gasteiger partial charge in [-0.15, -0.1) is 0 Å². The molecule has 3 N–H and O–H groups in total. The van der Waals surface area contributed by atoms with Crippen molar-refractivity contribution < 1.29 is 4.79 Å². The van der Waals surface area contributed by atoms with Crippen LogP contribution in [0, 0.1) is 0 Å². The molecule has 0 saturated heterocycles. The van der Waals surface area contributed by atoms with Crippen LogP contribution in [0.3, 0.4) is 0 Å². The van der Waals surface area contributed by atoms with Gasteiger partial charge in [0, 0.05) is 0 Å². The first-order chi connectivity index (χ1) is 8.75. The Morgan fingerprint density at radius 2 is 1.89 bits per heavy atom. The second-order valence-corrected chi connectivity index (χ2v) is 3.91. The summed E-state index contributed by atoms with van der Waals surface area (Å²) >= 11 is 0. The highest BCUT2D eigenvalue weighted by atomic mass is 16.2. The van der Waals surface area contributed by atoms with E-state index >= 15 is 0 Å². The maximum absolute atomic E-state index is 11.8. The fraction of sp³-hybridized carbons (Fsp3) is 0.154. The molecule has 1 heterocycles. The molecular formula is C13H14N4O. The molecule has 1 aromatic carbocycles. The van der Waals surface area contributed by atoms with Gasteiger partial charge in [-0.05, 0) is 12.0 Å². The molecule has 1 atom stereocenters. The van der Waals surface area contributed by atoms with Crippen molar-refractivity contribution in [2.75, 3.05) is 5.32 Å². The van der Waals surface area contributed by atoms with Crippen LogP contribution < -0.4 is 11.1 Å². The van der Waals surface area contributed by atoms with E-state index in [1.807, 2.05) is 30.3 Å². The van der Waals surface area contributed by atoms with Crippen molar-refractivity contribution in [1.82, 2.24) is 9.97 Å². The molecule has 0 aliphatic carbocycles. The molecule has 0 aliphatic heterocycles. The average molecular weight is 242 g/mol. The van der Waals surface area contributed by atoms with Crippen molar-refractivity contribution in [3.8, 4) is 0 Å². The Hall–Kier alpha value is -2.27. The third kappa shape index (κ3) is 3.36. The van der Waals surface area contributed by atoms with Gasteiger partial charge in [0.1, 0.15) is 6.33 Å². The molecular weight excluding hydrogens is 228 g/mol. The maximum atomic E-state index is 11.8. The first-order valence-electron chi connectivity index (χ1n) is 5.61. The highest BCUT2D eigenvalue weighted by Crippen LogP contribution is 2.05. The van der Waals surface area contributed by atoms with E-state index in [0.717, 1.165) is 5.56 Å². The van der Waals surface area contributed by atoms with E-state index in [1.54, 1.807) is 0 Å². The lowest BCUT2D eigenvalue weighted by Gasteiger charge is -2.11. The molecule has 92 valence electrons. The molecule has 0 fully saturated rings. The number of carbonyl (C=O) groups excluding carboxylic acids is 1. The highest BCUT2D eigenvalue weighted by molar-refractivity contribution is 5.94. The summed E-state index contributed by atoms with van der Waals surface area (Å²) in [6.45, 7) is 0. The minimum absolute atomic E-state index is 0.242. The standard InChI is InChI=1S/C13H14N4O/c14-12(6-10-4-2-1-3-5-10)13(18)17-11-7-15-9-16-8-11/h1-5,7-9,12H,6,14H2,(H,17,18)/t12-/m0/s1. The van der Waals surface area contributed by atoms with E-state index in [9.17, 15) is 4.79 Å².